The van der Waals surface area contributed by atoms with Gasteiger partial charge in [0.25, 0.3) is 0 Å². The number of benzene rings is 2. The van der Waals surface area contributed by atoms with Crippen molar-refractivity contribution < 1.29 is 27.8 Å². The van der Waals surface area contributed by atoms with Crippen molar-refractivity contribution in [3.8, 4) is 5.75 Å². The highest BCUT2D eigenvalue weighted by Crippen LogP contribution is 2.50. The van der Waals surface area contributed by atoms with Gasteiger partial charge in [0.05, 0.1) is 6.04 Å². The first kappa shape index (κ1) is 22.4. The van der Waals surface area contributed by atoms with Gasteiger partial charge in [-0.05, 0) is 55.9 Å². The van der Waals surface area contributed by atoms with Crippen molar-refractivity contribution in [2.45, 2.75) is 51.4 Å². The molecule has 1 heterocycles. The summed E-state index contributed by atoms with van der Waals surface area (Å²) in [6.45, 7) is 4.18. The largest absolute Gasteiger partial charge is 0.482 e. The van der Waals surface area contributed by atoms with E-state index < -0.39 is 35.9 Å². The van der Waals surface area contributed by atoms with Crippen molar-refractivity contribution in [1.82, 2.24) is 4.90 Å². The fourth-order valence-corrected chi connectivity index (χ4v) is 4.90. The smallest absolute Gasteiger partial charge is 0.341 e. The molecule has 0 fully saturated rings. The van der Waals surface area contributed by atoms with Crippen LogP contribution in [0.2, 0.25) is 0 Å². The molecule has 0 bridgehead atoms. The van der Waals surface area contributed by atoms with Gasteiger partial charge in [-0.15, -0.1) is 0 Å². The van der Waals surface area contributed by atoms with Crippen LogP contribution in [0.4, 0.5) is 13.2 Å². The normalized spacial score (nSPS) is 20.8. The first-order chi connectivity index (χ1) is 15.0. The van der Waals surface area contributed by atoms with Gasteiger partial charge in [0.1, 0.15) is 23.1 Å². The van der Waals surface area contributed by atoms with Crippen LogP contribution in [0.25, 0.3) is 5.57 Å². The van der Waals surface area contributed by atoms with Crippen molar-refractivity contribution in [2.75, 3.05) is 13.2 Å². The van der Waals surface area contributed by atoms with E-state index in [4.69, 9.17) is 9.84 Å². The third-order valence-electron chi connectivity index (χ3n) is 6.09. The fourth-order valence-electron chi connectivity index (χ4n) is 4.90. The van der Waals surface area contributed by atoms with Gasteiger partial charge in [-0.2, -0.15) is 0 Å². The highest BCUT2D eigenvalue weighted by Gasteiger charge is 2.42. The summed E-state index contributed by atoms with van der Waals surface area (Å²) >= 11 is 0. The molecular formula is C25H26F3NO3. The van der Waals surface area contributed by atoms with Gasteiger partial charge in [-0.1, -0.05) is 24.3 Å². The van der Waals surface area contributed by atoms with Gasteiger partial charge >= 0.3 is 5.97 Å². The van der Waals surface area contributed by atoms with E-state index in [1.807, 2.05) is 36.1 Å². The van der Waals surface area contributed by atoms with E-state index in [2.05, 4.69) is 0 Å². The second-order valence-corrected chi connectivity index (χ2v) is 9.17. The number of carboxylic acids is 1. The fraction of sp³-hybridized carbons (Fsp3) is 0.400. The molecule has 2 aliphatic rings. The van der Waals surface area contributed by atoms with Crippen LogP contribution >= 0.6 is 0 Å². The number of carbonyl (C=O) groups is 1. The lowest BCUT2D eigenvalue weighted by atomic mass is 9.84. The topological polar surface area (TPSA) is 49.8 Å². The number of hydrogen-bond donors (Lipinski definition) is 1. The Morgan fingerprint density at radius 1 is 1.22 bits per heavy atom. The number of hydrogen-bond acceptors (Lipinski definition) is 3. The minimum atomic E-state index is -1.56. The molecule has 4 rings (SSSR count). The zero-order valence-electron chi connectivity index (χ0n) is 18.3. The van der Waals surface area contributed by atoms with Gasteiger partial charge < -0.3 is 9.84 Å². The second kappa shape index (κ2) is 8.28. The number of aliphatic carboxylic acids is 1. The molecule has 2 aromatic carbocycles. The Kier molecular flexibility index (Phi) is 5.79. The minimum Gasteiger partial charge on any atom is -0.482 e. The molecule has 170 valence electrons. The Morgan fingerprint density at radius 3 is 2.50 bits per heavy atom. The molecule has 0 aromatic heterocycles. The van der Waals surface area contributed by atoms with Crippen LogP contribution in [0.3, 0.4) is 0 Å². The average molecular weight is 445 g/mol. The average Bonchev–Trinajstić information content (AvgIpc) is 3.05. The predicted octanol–water partition coefficient (Wildman–Crippen LogP) is 5.32. The van der Waals surface area contributed by atoms with Gasteiger partial charge in [0.15, 0.2) is 6.61 Å². The van der Waals surface area contributed by atoms with Crippen molar-refractivity contribution in [2.24, 2.45) is 0 Å². The number of alkyl halides is 1. The Balaban J connectivity index is 1.82. The van der Waals surface area contributed by atoms with Crippen LogP contribution < -0.4 is 4.74 Å². The molecule has 1 N–H and O–H groups in total. The van der Waals surface area contributed by atoms with E-state index >= 15 is 8.78 Å². The summed E-state index contributed by atoms with van der Waals surface area (Å²) in [4.78, 5) is 12.6. The van der Waals surface area contributed by atoms with Crippen LogP contribution in [0, 0.1) is 11.6 Å². The van der Waals surface area contributed by atoms with E-state index in [1.54, 1.807) is 0 Å². The maximum Gasteiger partial charge on any atom is 0.341 e. The maximum atomic E-state index is 15.3. The number of carboxylic acid groups (broad SMARTS) is 1. The molecule has 1 aliphatic carbocycles. The van der Waals surface area contributed by atoms with Crippen molar-refractivity contribution >= 4 is 11.5 Å². The molecule has 2 atom stereocenters. The van der Waals surface area contributed by atoms with Crippen LogP contribution in [0.15, 0.2) is 42.0 Å². The summed E-state index contributed by atoms with van der Waals surface area (Å²) < 4.78 is 50.4. The summed E-state index contributed by atoms with van der Waals surface area (Å²) in [5.41, 5.74) is 2.40. The molecule has 0 unspecified atom stereocenters. The van der Waals surface area contributed by atoms with Crippen LogP contribution in [0.5, 0.6) is 5.75 Å². The Bertz CT molecular complexity index is 1070. The molecule has 0 amide bonds. The summed E-state index contributed by atoms with van der Waals surface area (Å²) in [6.07, 6.45) is 1.21. The molecule has 0 spiro atoms. The zero-order valence-corrected chi connectivity index (χ0v) is 18.3. The number of rotatable bonds is 6. The Morgan fingerprint density at radius 2 is 1.88 bits per heavy atom. The Hall–Kier alpha value is -2.80. The van der Waals surface area contributed by atoms with Crippen LogP contribution in [-0.2, 0) is 11.2 Å². The van der Waals surface area contributed by atoms with E-state index in [1.165, 1.54) is 13.8 Å². The molecule has 4 nitrogen and oxygen atoms in total. The highest BCUT2D eigenvalue weighted by atomic mass is 19.1. The van der Waals surface area contributed by atoms with E-state index in [0.29, 0.717) is 12.8 Å². The van der Waals surface area contributed by atoms with Crippen molar-refractivity contribution in [3.05, 3.63) is 70.3 Å². The summed E-state index contributed by atoms with van der Waals surface area (Å²) in [5, 5.41) is 8.77. The third kappa shape index (κ3) is 4.26. The molecule has 0 saturated heterocycles. The second-order valence-electron chi connectivity index (χ2n) is 9.17. The monoisotopic (exact) mass is 445 g/mol. The summed E-state index contributed by atoms with van der Waals surface area (Å²) in [5.74, 6) is -3.12. The third-order valence-corrected chi connectivity index (χ3v) is 6.09. The molecular weight excluding hydrogens is 419 g/mol. The number of ether oxygens (including phenoxy) is 1. The number of halogens is 3. The standard InChI is InChI=1S/C25H26F3NO3/c1-14-8-18-17-7-5-4-6-15(17)9-19(18)24(29(14)13-25(2,3)28)23-20(26)10-16(11-21(23)27)32-12-22(30)31/h4-7,10-11,14,24H,8-9,12-13H2,1-3H3,(H,30,31)/t14-,24+/m1/s1. The van der Waals surface area contributed by atoms with Gasteiger partial charge in [0, 0.05) is 30.3 Å². The molecule has 0 saturated carbocycles. The minimum absolute atomic E-state index is 0.0160. The molecule has 0 radical (unpaired) electrons. The SMILES string of the molecule is C[C@@H]1CC2=C(Cc3ccccc32)[C@@H](c2c(F)cc(OCC(=O)O)cc2F)N1CC(C)(C)F. The summed E-state index contributed by atoms with van der Waals surface area (Å²) in [7, 11) is 0. The molecule has 2 aromatic rings. The Labute approximate surface area is 185 Å². The van der Waals surface area contributed by atoms with E-state index in [0.717, 1.165) is 34.4 Å². The lowest BCUT2D eigenvalue weighted by Gasteiger charge is -2.44. The summed E-state index contributed by atoms with van der Waals surface area (Å²) in [6, 6.07) is 9.00. The molecule has 1 aliphatic heterocycles. The number of nitrogens with zero attached hydrogens (tertiary/aromatic N) is 1. The highest BCUT2D eigenvalue weighted by molar-refractivity contribution is 5.79. The van der Waals surface area contributed by atoms with Crippen LogP contribution in [0.1, 0.15) is 49.9 Å². The van der Waals surface area contributed by atoms with Gasteiger partial charge in [0.2, 0.25) is 0 Å². The predicted molar refractivity (Wildman–Crippen MR) is 115 cm³/mol. The van der Waals surface area contributed by atoms with Crippen molar-refractivity contribution in [1.29, 1.82) is 0 Å². The van der Waals surface area contributed by atoms with Crippen LogP contribution in [-0.4, -0.2) is 40.8 Å². The lowest BCUT2D eigenvalue weighted by molar-refractivity contribution is -0.139. The first-order valence-corrected chi connectivity index (χ1v) is 10.6. The molecule has 32 heavy (non-hydrogen) atoms. The quantitative estimate of drug-likeness (QED) is 0.654. The molecule has 7 heteroatoms. The lowest BCUT2D eigenvalue weighted by Crippen LogP contribution is -2.47. The number of fused-ring (bicyclic) bond motifs is 2. The zero-order chi connectivity index (χ0) is 23.2. The van der Waals surface area contributed by atoms with Crippen molar-refractivity contribution in [3.63, 3.8) is 0 Å². The van der Waals surface area contributed by atoms with E-state index in [9.17, 15) is 9.18 Å². The van der Waals surface area contributed by atoms with Gasteiger partial charge in [-0.25, -0.2) is 18.0 Å². The maximum absolute atomic E-state index is 15.3. The van der Waals surface area contributed by atoms with Gasteiger partial charge in [-0.3, -0.25) is 4.90 Å². The van der Waals surface area contributed by atoms with E-state index in [-0.39, 0.29) is 23.9 Å². The first-order valence-electron chi connectivity index (χ1n) is 10.6.